The first-order chi connectivity index (χ1) is 12.5. The van der Waals surface area contributed by atoms with Crippen molar-refractivity contribution in [2.24, 2.45) is 0 Å². The number of rotatable bonds is 2. The van der Waals surface area contributed by atoms with E-state index in [9.17, 15) is 9.90 Å². The number of anilines is 1. The second-order valence-corrected chi connectivity index (χ2v) is 6.33. The SMILES string of the molecule is Nc1cc2c(O)c(-c3cccc(-c4cccnc4)c3)c(=O)[nH]c2cc1Cl. The molecule has 0 amide bonds. The molecule has 26 heavy (non-hydrogen) atoms. The third-order valence-corrected chi connectivity index (χ3v) is 4.58. The lowest BCUT2D eigenvalue weighted by atomic mass is 9.99. The minimum atomic E-state index is -0.404. The van der Waals surface area contributed by atoms with Crippen LogP contribution in [0.2, 0.25) is 5.02 Å². The molecular weight excluding hydrogens is 350 g/mol. The molecule has 4 aromatic rings. The second kappa shape index (κ2) is 6.20. The topological polar surface area (TPSA) is 92.0 Å². The number of nitrogens with zero attached hydrogens (tertiary/aromatic N) is 1. The Morgan fingerprint density at radius 2 is 1.81 bits per heavy atom. The molecule has 0 radical (unpaired) electrons. The van der Waals surface area contributed by atoms with E-state index in [2.05, 4.69) is 9.97 Å². The number of hydrogen-bond acceptors (Lipinski definition) is 4. The molecule has 0 aliphatic rings. The summed E-state index contributed by atoms with van der Waals surface area (Å²) in [5, 5.41) is 11.5. The second-order valence-electron chi connectivity index (χ2n) is 5.92. The number of aromatic nitrogens is 2. The van der Waals surface area contributed by atoms with Crippen molar-refractivity contribution in [2.45, 2.75) is 0 Å². The van der Waals surface area contributed by atoms with Crippen molar-refractivity contribution < 1.29 is 5.11 Å². The summed E-state index contributed by atoms with van der Waals surface area (Å²) in [5.74, 6) is -0.129. The van der Waals surface area contributed by atoms with Crippen LogP contribution in [-0.4, -0.2) is 15.1 Å². The minimum Gasteiger partial charge on any atom is -0.506 e. The number of hydrogen-bond donors (Lipinski definition) is 3. The van der Waals surface area contributed by atoms with Gasteiger partial charge in [-0.1, -0.05) is 35.9 Å². The maximum atomic E-state index is 12.6. The van der Waals surface area contributed by atoms with Crippen LogP contribution in [0, 0.1) is 0 Å². The van der Waals surface area contributed by atoms with Crippen LogP contribution in [0.5, 0.6) is 5.75 Å². The zero-order valence-corrected chi connectivity index (χ0v) is 14.3. The van der Waals surface area contributed by atoms with Gasteiger partial charge in [0.25, 0.3) is 5.56 Å². The fourth-order valence-electron chi connectivity index (χ4n) is 2.97. The summed E-state index contributed by atoms with van der Waals surface area (Å²) in [7, 11) is 0. The van der Waals surface area contributed by atoms with Gasteiger partial charge in [0.15, 0.2) is 0 Å². The molecule has 2 aromatic heterocycles. The highest BCUT2D eigenvalue weighted by molar-refractivity contribution is 6.34. The lowest BCUT2D eigenvalue weighted by molar-refractivity contribution is 0.482. The predicted molar refractivity (Wildman–Crippen MR) is 104 cm³/mol. The van der Waals surface area contributed by atoms with Crippen molar-refractivity contribution in [3.63, 3.8) is 0 Å². The number of benzene rings is 2. The van der Waals surface area contributed by atoms with E-state index < -0.39 is 5.56 Å². The van der Waals surface area contributed by atoms with E-state index in [1.165, 1.54) is 6.07 Å². The first kappa shape index (κ1) is 16.2. The number of aromatic hydroxyl groups is 1. The molecule has 0 saturated carbocycles. The minimum absolute atomic E-state index is 0.129. The summed E-state index contributed by atoms with van der Waals surface area (Å²) in [6, 6.07) is 14.2. The molecular formula is C20H14ClN3O2. The summed E-state index contributed by atoms with van der Waals surface area (Å²) < 4.78 is 0. The van der Waals surface area contributed by atoms with Gasteiger partial charge in [-0.15, -0.1) is 0 Å². The van der Waals surface area contributed by atoms with Crippen LogP contribution in [-0.2, 0) is 0 Å². The molecule has 4 rings (SSSR count). The standard InChI is InChI=1S/C20H14ClN3O2/c21-15-9-17-14(8-16(15)22)19(25)18(20(26)24-17)12-4-1-3-11(7-12)13-5-2-6-23-10-13/h1-10H,22H2,(H2,24,25,26). The Hall–Kier alpha value is -3.31. The van der Waals surface area contributed by atoms with Crippen molar-refractivity contribution >= 4 is 28.2 Å². The van der Waals surface area contributed by atoms with E-state index in [-0.39, 0.29) is 11.3 Å². The number of H-pyrrole nitrogens is 1. The largest absolute Gasteiger partial charge is 0.506 e. The molecule has 0 fully saturated rings. The van der Waals surface area contributed by atoms with Crippen molar-refractivity contribution in [3.8, 4) is 28.0 Å². The lowest BCUT2D eigenvalue weighted by Gasteiger charge is -2.10. The highest BCUT2D eigenvalue weighted by Gasteiger charge is 2.16. The Labute approximate surface area is 153 Å². The van der Waals surface area contributed by atoms with Crippen LogP contribution >= 0.6 is 11.6 Å². The predicted octanol–water partition coefficient (Wildman–Crippen LogP) is 4.20. The Morgan fingerprint density at radius 3 is 2.58 bits per heavy atom. The van der Waals surface area contributed by atoms with Gasteiger partial charge in [0.1, 0.15) is 5.75 Å². The molecule has 128 valence electrons. The Kier molecular flexibility index (Phi) is 3.86. The van der Waals surface area contributed by atoms with Crippen LogP contribution in [0.3, 0.4) is 0 Å². The van der Waals surface area contributed by atoms with Gasteiger partial charge < -0.3 is 15.8 Å². The molecule has 0 spiro atoms. The number of aromatic amines is 1. The number of nitrogens with two attached hydrogens (primary N) is 1. The maximum Gasteiger partial charge on any atom is 0.260 e. The van der Waals surface area contributed by atoms with Crippen molar-refractivity contribution in [1.29, 1.82) is 0 Å². The maximum absolute atomic E-state index is 12.6. The van der Waals surface area contributed by atoms with Gasteiger partial charge in [0, 0.05) is 23.3 Å². The lowest BCUT2D eigenvalue weighted by Crippen LogP contribution is -2.09. The van der Waals surface area contributed by atoms with Crippen molar-refractivity contribution in [3.05, 3.63) is 76.3 Å². The van der Waals surface area contributed by atoms with Gasteiger partial charge in [0.05, 0.1) is 21.8 Å². The third-order valence-electron chi connectivity index (χ3n) is 4.25. The average molecular weight is 364 g/mol. The summed E-state index contributed by atoms with van der Waals surface area (Å²) in [5.41, 5.74) is 8.79. The summed E-state index contributed by atoms with van der Waals surface area (Å²) in [6.45, 7) is 0. The van der Waals surface area contributed by atoms with Crippen LogP contribution in [0.25, 0.3) is 33.2 Å². The van der Waals surface area contributed by atoms with Crippen molar-refractivity contribution in [2.75, 3.05) is 5.73 Å². The average Bonchev–Trinajstić information content (AvgIpc) is 2.65. The number of pyridine rings is 2. The van der Waals surface area contributed by atoms with Crippen LogP contribution in [0.1, 0.15) is 0 Å². The molecule has 6 heteroatoms. The molecule has 0 aliphatic carbocycles. The molecule has 4 N–H and O–H groups in total. The van der Waals surface area contributed by atoms with E-state index >= 15 is 0 Å². The molecule has 0 aliphatic heterocycles. The molecule has 2 aromatic carbocycles. The highest BCUT2D eigenvalue weighted by Crippen LogP contribution is 2.36. The normalized spacial score (nSPS) is 11.0. The van der Waals surface area contributed by atoms with Gasteiger partial charge in [-0.05, 0) is 35.4 Å². The number of nitrogens with one attached hydrogen (secondary N) is 1. The van der Waals surface area contributed by atoms with E-state index in [4.69, 9.17) is 17.3 Å². The first-order valence-corrected chi connectivity index (χ1v) is 8.27. The molecule has 0 saturated heterocycles. The molecule has 5 nitrogen and oxygen atoms in total. The summed E-state index contributed by atoms with van der Waals surface area (Å²) in [6.07, 6.45) is 3.44. The fraction of sp³-hybridized carbons (Fsp3) is 0. The number of fused-ring (bicyclic) bond motifs is 1. The van der Waals surface area contributed by atoms with Gasteiger partial charge in [-0.2, -0.15) is 0 Å². The zero-order chi connectivity index (χ0) is 18.3. The van der Waals surface area contributed by atoms with Crippen LogP contribution in [0.4, 0.5) is 5.69 Å². The highest BCUT2D eigenvalue weighted by atomic mass is 35.5. The monoisotopic (exact) mass is 363 g/mol. The fourth-order valence-corrected chi connectivity index (χ4v) is 3.14. The quantitative estimate of drug-likeness (QED) is 0.465. The van der Waals surface area contributed by atoms with Gasteiger partial charge in [-0.3, -0.25) is 9.78 Å². The van der Waals surface area contributed by atoms with Crippen LogP contribution in [0.15, 0.2) is 65.7 Å². The van der Waals surface area contributed by atoms with E-state index in [1.807, 2.05) is 30.3 Å². The zero-order valence-electron chi connectivity index (χ0n) is 13.5. The Balaban J connectivity index is 1.95. The molecule has 0 unspecified atom stereocenters. The molecule has 0 bridgehead atoms. The Morgan fingerprint density at radius 1 is 1.04 bits per heavy atom. The van der Waals surface area contributed by atoms with E-state index in [0.717, 1.165) is 11.1 Å². The van der Waals surface area contributed by atoms with Gasteiger partial charge in [0.2, 0.25) is 0 Å². The smallest absolute Gasteiger partial charge is 0.260 e. The number of nitrogen functional groups attached to an aromatic ring is 1. The van der Waals surface area contributed by atoms with E-state index in [0.29, 0.717) is 27.2 Å². The van der Waals surface area contributed by atoms with Gasteiger partial charge >= 0.3 is 0 Å². The molecule has 0 atom stereocenters. The summed E-state index contributed by atoms with van der Waals surface area (Å²) in [4.78, 5) is 19.5. The summed E-state index contributed by atoms with van der Waals surface area (Å²) >= 11 is 6.00. The molecule has 2 heterocycles. The third kappa shape index (κ3) is 2.68. The van der Waals surface area contributed by atoms with Gasteiger partial charge in [-0.25, -0.2) is 0 Å². The van der Waals surface area contributed by atoms with E-state index in [1.54, 1.807) is 24.5 Å². The number of halogens is 1. The van der Waals surface area contributed by atoms with Crippen molar-refractivity contribution in [1.82, 2.24) is 9.97 Å². The van der Waals surface area contributed by atoms with Crippen LogP contribution < -0.4 is 11.3 Å². The first-order valence-electron chi connectivity index (χ1n) is 7.89. The Bertz CT molecular complexity index is 1190.